The summed E-state index contributed by atoms with van der Waals surface area (Å²) in [4.78, 5) is 11.0. The Morgan fingerprint density at radius 3 is 2.68 bits per heavy atom. The summed E-state index contributed by atoms with van der Waals surface area (Å²) in [7, 11) is 1.76. The minimum Gasteiger partial charge on any atom is -0.385 e. The number of anilines is 1. The molecule has 1 fully saturated rings. The van der Waals surface area contributed by atoms with Gasteiger partial charge < -0.3 is 15.0 Å². The largest absolute Gasteiger partial charge is 0.385 e. The molecule has 0 aromatic carbocycles. The summed E-state index contributed by atoms with van der Waals surface area (Å²) in [5, 5.41) is 3.40. The number of nitrogens with one attached hydrogen (secondary N) is 1. The van der Waals surface area contributed by atoms with E-state index in [0.717, 1.165) is 55.9 Å². The molecule has 1 aromatic heterocycles. The highest BCUT2D eigenvalue weighted by atomic mass is 79.9. The van der Waals surface area contributed by atoms with Crippen molar-refractivity contribution in [3.8, 4) is 0 Å². The summed E-state index contributed by atoms with van der Waals surface area (Å²) >= 11 is 3.34. The highest BCUT2D eigenvalue weighted by Gasteiger charge is 2.19. The van der Waals surface area contributed by atoms with E-state index in [4.69, 9.17) is 4.74 Å². The number of ether oxygens (including phenoxy) is 1. The van der Waals surface area contributed by atoms with Crippen LogP contribution in [0, 0.1) is 0 Å². The molecule has 1 N–H and O–H groups in total. The predicted octanol–water partition coefficient (Wildman–Crippen LogP) is 2.15. The fraction of sp³-hybridized carbons (Fsp3) is 0.692. The molecular formula is C13H21BrN4O. The van der Waals surface area contributed by atoms with Gasteiger partial charge in [-0.05, 0) is 35.2 Å². The molecule has 0 amide bonds. The Labute approximate surface area is 122 Å². The molecule has 0 saturated carbocycles. The number of halogens is 1. The molecule has 2 heterocycles. The molecule has 0 radical (unpaired) electrons. The maximum absolute atomic E-state index is 5.08. The van der Waals surface area contributed by atoms with E-state index in [1.165, 1.54) is 0 Å². The fourth-order valence-electron chi connectivity index (χ4n) is 2.30. The molecule has 1 aliphatic heterocycles. The van der Waals surface area contributed by atoms with E-state index in [9.17, 15) is 0 Å². The lowest BCUT2D eigenvalue weighted by Gasteiger charge is -2.32. The van der Waals surface area contributed by atoms with Crippen LogP contribution >= 0.6 is 15.9 Å². The van der Waals surface area contributed by atoms with Gasteiger partial charge in [0.05, 0.1) is 4.47 Å². The molecule has 1 saturated heterocycles. The third-order valence-corrected chi connectivity index (χ3v) is 3.77. The van der Waals surface area contributed by atoms with Crippen LogP contribution in [0.25, 0.3) is 0 Å². The summed E-state index contributed by atoms with van der Waals surface area (Å²) in [6, 6.07) is 0.486. The van der Waals surface area contributed by atoms with Crippen LogP contribution in [0.15, 0.2) is 16.9 Å². The average Bonchev–Trinajstić information content (AvgIpc) is 2.44. The maximum Gasteiger partial charge on any atom is 0.222 e. The van der Waals surface area contributed by atoms with Crippen LogP contribution in [-0.4, -0.2) is 54.3 Å². The van der Waals surface area contributed by atoms with Crippen LogP contribution in [0.5, 0.6) is 0 Å². The number of aromatic nitrogens is 2. The molecule has 6 heteroatoms. The topological polar surface area (TPSA) is 50.3 Å². The van der Waals surface area contributed by atoms with Crippen LogP contribution in [0.2, 0.25) is 0 Å². The zero-order chi connectivity index (χ0) is 13.5. The van der Waals surface area contributed by atoms with E-state index in [0.29, 0.717) is 6.04 Å². The van der Waals surface area contributed by atoms with Crippen molar-refractivity contribution in [1.29, 1.82) is 0 Å². The van der Waals surface area contributed by atoms with Crippen LogP contribution in [0.1, 0.15) is 19.3 Å². The zero-order valence-corrected chi connectivity index (χ0v) is 12.9. The van der Waals surface area contributed by atoms with Gasteiger partial charge in [-0.1, -0.05) is 0 Å². The molecule has 0 spiro atoms. The van der Waals surface area contributed by atoms with E-state index in [-0.39, 0.29) is 0 Å². The minimum absolute atomic E-state index is 0.486. The highest BCUT2D eigenvalue weighted by Crippen LogP contribution is 2.15. The SMILES string of the molecule is COCCCN1CCC(Nc2ncc(Br)cn2)CC1. The molecule has 1 aliphatic rings. The van der Waals surface area contributed by atoms with E-state index in [1.54, 1.807) is 19.5 Å². The number of methoxy groups -OCH3 is 1. The van der Waals surface area contributed by atoms with Crippen molar-refractivity contribution in [2.24, 2.45) is 0 Å². The summed E-state index contributed by atoms with van der Waals surface area (Å²) in [5.41, 5.74) is 0. The first-order chi connectivity index (χ1) is 9.28. The maximum atomic E-state index is 5.08. The van der Waals surface area contributed by atoms with Gasteiger partial charge in [0, 0.05) is 51.8 Å². The summed E-state index contributed by atoms with van der Waals surface area (Å²) < 4.78 is 5.99. The Kier molecular flexibility index (Phi) is 6.00. The molecule has 0 unspecified atom stereocenters. The summed E-state index contributed by atoms with van der Waals surface area (Å²) in [6.07, 6.45) is 6.95. The number of likely N-dealkylation sites (tertiary alicyclic amines) is 1. The highest BCUT2D eigenvalue weighted by molar-refractivity contribution is 9.10. The van der Waals surface area contributed by atoms with E-state index in [2.05, 4.69) is 36.1 Å². The standard InChI is InChI=1S/C13H21BrN4O/c1-19-8-2-5-18-6-3-12(4-7-18)17-13-15-9-11(14)10-16-13/h9-10,12H,2-8H2,1H3,(H,15,16,17). The van der Waals surface area contributed by atoms with E-state index < -0.39 is 0 Å². The second kappa shape index (κ2) is 7.77. The van der Waals surface area contributed by atoms with Crippen molar-refractivity contribution in [2.45, 2.75) is 25.3 Å². The summed E-state index contributed by atoms with van der Waals surface area (Å²) in [5.74, 6) is 0.723. The average molecular weight is 329 g/mol. The predicted molar refractivity (Wildman–Crippen MR) is 79.3 cm³/mol. The lowest BCUT2D eigenvalue weighted by atomic mass is 10.1. The third-order valence-electron chi connectivity index (χ3n) is 3.36. The van der Waals surface area contributed by atoms with Crippen molar-refractivity contribution >= 4 is 21.9 Å². The Morgan fingerprint density at radius 1 is 1.37 bits per heavy atom. The second-order valence-corrected chi connectivity index (χ2v) is 5.75. The number of piperidine rings is 1. The molecule has 5 nitrogen and oxygen atoms in total. The third kappa shape index (κ3) is 5.04. The lowest BCUT2D eigenvalue weighted by molar-refractivity contribution is 0.159. The molecule has 0 aliphatic carbocycles. The van der Waals surface area contributed by atoms with Gasteiger partial charge in [0.25, 0.3) is 0 Å². The summed E-state index contributed by atoms with van der Waals surface area (Å²) in [6.45, 7) is 4.26. The van der Waals surface area contributed by atoms with Crippen molar-refractivity contribution in [2.75, 3.05) is 38.7 Å². The molecule has 0 bridgehead atoms. The first kappa shape index (κ1) is 14.7. The van der Waals surface area contributed by atoms with Crippen molar-refractivity contribution in [3.05, 3.63) is 16.9 Å². The van der Waals surface area contributed by atoms with Crippen molar-refractivity contribution in [1.82, 2.24) is 14.9 Å². The van der Waals surface area contributed by atoms with Crippen LogP contribution < -0.4 is 5.32 Å². The molecular weight excluding hydrogens is 308 g/mol. The molecule has 1 aromatic rings. The molecule has 19 heavy (non-hydrogen) atoms. The number of nitrogens with zero attached hydrogens (tertiary/aromatic N) is 3. The quantitative estimate of drug-likeness (QED) is 0.811. The molecule has 106 valence electrons. The molecule has 2 rings (SSSR count). The Morgan fingerprint density at radius 2 is 2.05 bits per heavy atom. The van der Waals surface area contributed by atoms with Crippen molar-refractivity contribution in [3.63, 3.8) is 0 Å². The number of rotatable bonds is 6. The lowest BCUT2D eigenvalue weighted by Crippen LogP contribution is -2.40. The van der Waals surface area contributed by atoms with E-state index in [1.807, 2.05) is 0 Å². The van der Waals surface area contributed by atoms with Gasteiger partial charge in [-0.15, -0.1) is 0 Å². The fourth-order valence-corrected chi connectivity index (χ4v) is 2.51. The first-order valence-corrected chi connectivity index (χ1v) is 7.52. The van der Waals surface area contributed by atoms with Gasteiger partial charge in [-0.2, -0.15) is 0 Å². The minimum atomic E-state index is 0.486. The van der Waals surface area contributed by atoms with Gasteiger partial charge in [-0.25, -0.2) is 9.97 Å². The second-order valence-electron chi connectivity index (χ2n) is 4.83. The van der Waals surface area contributed by atoms with Gasteiger partial charge in [0.2, 0.25) is 5.95 Å². The molecule has 0 atom stereocenters. The van der Waals surface area contributed by atoms with E-state index >= 15 is 0 Å². The zero-order valence-electron chi connectivity index (χ0n) is 11.3. The van der Waals surface area contributed by atoms with Gasteiger partial charge in [0.1, 0.15) is 0 Å². The Hall–Kier alpha value is -0.720. The monoisotopic (exact) mass is 328 g/mol. The van der Waals surface area contributed by atoms with Crippen molar-refractivity contribution < 1.29 is 4.74 Å². The van der Waals surface area contributed by atoms with Gasteiger partial charge in [0.15, 0.2) is 0 Å². The van der Waals surface area contributed by atoms with Gasteiger partial charge in [-0.3, -0.25) is 0 Å². The number of hydrogen-bond acceptors (Lipinski definition) is 5. The van der Waals surface area contributed by atoms with Crippen LogP contribution in [-0.2, 0) is 4.74 Å². The first-order valence-electron chi connectivity index (χ1n) is 6.73. The Bertz CT molecular complexity index is 365. The Balaban J connectivity index is 1.69. The van der Waals surface area contributed by atoms with Crippen LogP contribution in [0.4, 0.5) is 5.95 Å². The van der Waals surface area contributed by atoms with Gasteiger partial charge >= 0.3 is 0 Å². The van der Waals surface area contributed by atoms with Crippen LogP contribution in [0.3, 0.4) is 0 Å². The normalized spacial score (nSPS) is 17.6. The number of hydrogen-bond donors (Lipinski definition) is 1. The smallest absolute Gasteiger partial charge is 0.222 e.